The first-order chi connectivity index (χ1) is 11.7. The molecule has 8 nitrogen and oxygen atoms in total. The van der Waals surface area contributed by atoms with Gasteiger partial charge in [0.25, 0.3) is 0 Å². The van der Waals surface area contributed by atoms with Crippen molar-refractivity contribution in [1.82, 2.24) is 15.3 Å². The summed E-state index contributed by atoms with van der Waals surface area (Å²) >= 11 is 0. The molecule has 8 heteroatoms. The highest BCUT2D eigenvalue weighted by Gasteiger charge is 2.25. The van der Waals surface area contributed by atoms with Crippen molar-refractivity contribution < 1.29 is 4.79 Å². The van der Waals surface area contributed by atoms with E-state index in [-0.39, 0.29) is 0 Å². The molecule has 0 aliphatic carbocycles. The number of para-hydroxylation sites is 2. The number of nitrogens with two attached hydrogens (primary N) is 1. The van der Waals surface area contributed by atoms with Crippen molar-refractivity contribution in [2.75, 3.05) is 48.1 Å². The number of hydrogen-bond acceptors (Lipinski definition) is 6. The Bertz CT molecular complexity index is 688. The number of hydrogen-bond donors (Lipinski definition) is 2. The van der Waals surface area contributed by atoms with Crippen LogP contribution in [-0.2, 0) is 0 Å². The van der Waals surface area contributed by atoms with Gasteiger partial charge in [-0.3, -0.25) is 0 Å². The van der Waals surface area contributed by atoms with Crippen LogP contribution in [0.15, 0.2) is 42.7 Å². The van der Waals surface area contributed by atoms with Gasteiger partial charge >= 0.3 is 6.03 Å². The zero-order valence-electron chi connectivity index (χ0n) is 13.6. The number of carbonyl (C=O) groups excluding carboxylic acids is 1. The Kier molecular flexibility index (Phi) is 4.76. The second-order valence-electron chi connectivity index (χ2n) is 5.45. The molecule has 126 valence electrons. The summed E-state index contributed by atoms with van der Waals surface area (Å²) in [5.41, 5.74) is 7.33. The molecule has 0 atom stereocenters. The van der Waals surface area contributed by atoms with Gasteiger partial charge in [0, 0.05) is 45.6 Å². The number of rotatable bonds is 4. The molecule has 2 aromatic rings. The van der Waals surface area contributed by atoms with Gasteiger partial charge in [0.2, 0.25) is 5.95 Å². The van der Waals surface area contributed by atoms with Crippen molar-refractivity contribution in [3.63, 3.8) is 0 Å². The molecule has 0 bridgehead atoms. The number of nitrogens with one attached hydrogen (secondary N) is 1. The van der Waals surface area contributed by atoms with Gasteiger partial charge in [-0.1, -0.05) is 12.1 Å². The predicted molar refractivity (Wildman–Crippen MR) is 94.0 cm³/mol. The predicted octanol–water partition coefficient (Wildman–Crippen LogP) is 0.823. The lowest BCUT2D eigenvalue weighted by molar-refractivity contribution is 0.253. The number of carbonyl (C=O) groups is 1. The Hall–Kier alpha value is -2.87. The largest absolute Gasteiger partial charge is 0.367 e. The molecule has 3 N–H and O–H groups in total. The minimum absolute atomic E-state index is 0.395. The first kappa shape index (κ1) is 16.0. The molecule has 1 aliphatic heterocycles. The van der Waals surface area contributed by atoms with Gasteiger partial charge < -0.3 is 16.0 Å². The normalized spacial score (nSPS) is 14.3. The van der Waals surface area contributed by atoms with Crippen molar-refractivity contribution in [3.05, 3.63) is 42.7 Å². The van der Waals surface area contributed by atoms with E-state index in [1.807, 2.05) is 24.3 Å². The van der Waals surface area contributed by atoms with E-state index in [1.165, 1.54) is 5.01 Å². The van der Waals surface area contributed by atoms with Crippen LogP contribution in [0.5, 0.6) is 0 Å². The first-order valence-electron chi connectivity index (χ1n) is 7.83. The van der Waals surface area contributed by atoms with E-state index in [0.29, 0.717) is 11.6 Å². The molecule has 1 saturated heterocycles. The molecule has 1 aliphatic rings. The Balaban J connectivity index is 1.99. The number of piperazine rings is 1. The highest BCUT2D eigenvalue weighted by Crippen LogP contribution is 2.31. The van der Waals surface area contributed by atoms with Crippen LogP contribution < -0.4 is 26.0 Å². The maximum absolute atomic E-state index is 12.2. The smallest absolute Gasteiger partial charge is 0.338 e. The summed E-state index contributed by atoms with van der Waals surface area (Å²) in [4.78, 5) is 22.8. The van der Waals surface area contributed by atoms with Crippen LogP contribution in [-0.4, -0.2) is 49.2 Å². The fourth-order valence-electron chi connectivity index (χ4n) is 2.79. The second kappa shape index (κ2) is 7.14. The van der Waals surface area contributed by atoms with Crippen molar-refractivity contribution in [1.29, 1.82) is 0 Å². The van der Waals surface area contributed by atoms with Crippen LogP contribution in [0.25, 0.3) is 0 Å². The lowest BCUT2D eigenvalue weighted by atomic mass is 10.2. The molecule has 24 heavy (non-hydrogen) atoms. The van der Waals surface area contributed by atoms with E-state index < -0.39 is 6.03 Å². The van der Waals surface area contributed by atoms with Gasteiger partial charge in [-0.25, -0.2) is 19.8 Å². The Morgan fingerprint density at radius 2 is 1.83 bits per heavy atom. The van der Waals surface area contributed by atoms with E-state index in [9.17, 15) is 4.79 Å². The molecule has 2 amide bonds. The van der Waals surface area contributed by atoms with E-state index in [0.717, 1.165) is 31.9 Å². The molecule has 2 heterocycles. The molecule has 3 rings (SSSR count). The monoisotopic (exact) mass is 327 g/mol. The van der Waals surface area contributed by atoms with E-state index >= 15 is 0 Å². The quantitative estimate of drug-likeness (QED) is 0.808. The highest BCUT2D eigenvalue weighted by molar-refractivity contribution is 5.96. The summed E-state index contributed by atoms with van der Waals surface area (Å²) in [7, 11) is 1.72. The summed E-state index contributed by atoms with van der Waals surface area (Å²) in [6.45, 7) is 3.55. The van der Waals surface area contributed by atoms with Gasteiger partial charge in [0.1, 0.15) is 0 Å². The number of aromatic nitrogens is 2. The molecule has 0 unspecified atom stereocenters. The summed E-state index contributed by atoms with van der Waals surface area (Å²) in [6, 6.07) is 8.85. The van der Waals surface area contributed by atoms with Gasteiger partial charge in [-0.2, -0.15) is 5.01 Å². The first-order valence-corrected chi connectivity index (χ1v) is 7.83. The Morgan fingerprint density at radius 3 is 2.50 bits per heavy atom. The molecule has 0 radical (unpaired) electrons. The van der Waals surface area contributed by atoms with Crippen LogP contribution in [0.2, 0.25) is 0 Å². The fraction of sp³-hybridized carbons (Fsp3) is 0.312. The number of hydrazine groups is 1. The minimum atomic E-state index is -0.590. The van der Waals surface area contributed by atoms with Gasteiger partial charge in [0.05, 0.1) is 11.4 Å². The van der Waals surface area contributed by atoms with Crippen molar-refractivity contribution in [2.24, 2.45) is 5.73 Å². The summed E-state index contributed by atoms with van der Waals surface area (Å²) in [5.74, 6) is 0.395. The van der Waals surface area contributed by atoms with Crippen LogP contribution >= 0.6 is 0 Å². The Labute approximate surface area is 140 Å². The lowest BCUT2D eigenvalue weighted by Gasteiger charge is -2.36. The van der Waals surface area contributed by atoms with Crippen molar-refractivity contribution >= 4 is 23.4 Å². The van der Waals surface area contributed by atoms with E-state index in [2.05, 4.69) is 20.2 Å². The zero-order valence-corrected chi connectivity index (χ0v) is 13.6. The third-order valence-electron chi connectivity index (χ3n) is 3.92. The second-order valence-corrected chi connectivity index (χ2v) is 5.45. The number of primary amides is 1. The van der Waals surface area contributed by atoms with Gasteiger partial charge in [0.15, 0.2) is 0 Å². The fourth-order valence-corrected chi connectivity index (χ4v) is 2.79. The molecule has 0 saturated carbocycles. The van der Waals surface area contributed by atoms with Crippen LogP contribution in [0, 0.1) is 0 Å². The van der Waals surface area contributed by atoms with Crippen molar-refractivity contribution in [2.45, 2.75) is 0 Å². The number of anilines is 3. The maximum atomic E-state index is 12.2. The minimum Gasteiger partial charge on any atom is -0.367 e. The third-order valence-corrected chi connectivity index (χ3v) is 3.92. The molecule has 1 aromatic heterocycles. The number of amides is 2. The molecule has 1 aromatic carbocycles. The lowest BCUT2D eigenvalue weighted by Crippen LogP contribution is -2.50. The Morgan fingerprint density at radius 1 is 1.17 bits per heavy atom. The summed E-state index contributed by atoms with van der Waals surface area (Å²) < 4.78 is 0. The average Bonchev–Trinajstić information content (AvgIpc) is 2.63. The number of benzene rings is 1. The van der Waals surface area contributed by atoms with E-state index in [1.54, 1.807) is 30.5 Å². The van der Waals surface area contributed by atoms with Gasteiger partial charge in [-0.05, 0) is 18.2 Å². The molecule has 1 fully saturated rings. The number of nitrogens with zero attached hydrogens (tertiary/aromatic N) is 5. The van der Waals surface area contributed by atoms with Gasteiger partial charge in [-0.15, -0.1) is 0 Å². The van der Waals surface area contributed by atoms with Crippen LogP contribution in [0.4, 0.5) is 22.1 Å². The zero-order chi connectivity index (χ0) is 16.9. The maximum Gasteiger partial charge on any atom is 0.338 e. The SMILES string of the molecule is CN(c1ncccn1)N(C(N)=O)c1ccccc1N1CCNCC1. The molecular weight excluding hydrogens is 306 g/mol. The molecule has 0 spiro atoms. The standard InChI is InChI=1S/C16H21N7O/c1-21(16-19-7-4-8-20-16)23(15(17)24)14-6-3-2-5-13(14)22-11-9-18-10-12-22/h2-8,18H,9-12H2,1H3,(H2,17,24). The average molecular weight is 327 g/mol. The van der Waals surface area contributed by atoms with Crippen molar-refractivity contribution in [3.8, 4) is 0 Å². The number of urea groups is 1. The topological polar surface area (TPSA) is 90.6 Å². The molecular formula is C16H21N7O. The third kappa shape index (κ3) is 3.23. The van der Waals surface area contributed by atoms with E-state index in [4.69, 9.17) is 5.73 Å². The summed E-state index contributed by atoms with van der Waals surface area (Å²) in [5, 5.41) is 6.28. The summed E-state index contributed by atoms with van der Waals surface area (Å²) in [6.07, 6.45) is 3.25. The van der Waals surface area contributed by atoms with Crippen LogP contribution in [0.1, 0.15) is 0 Å². The van der Waals surface area contributed by atoms with Crippen LogP contribution in [0.3, 0.4) is 0 Å². The highest BCUT2D eigenvalue weighted by atomic mass is 16.2.